The number of hydrogen-bond acceptors (Lipinski definition) is 3. The summed E-state index contributed by atoms with van der Waals surface area (Å²) in [5.41, 5.74) is 8.73. The molecule has 27 heavy (non-hydrogen) atoms. The fraction of sp³-hybridized carbons (Fsp3) is 0.250. The maximum absolute atomic E-state index is 6.00. The highest BCUT2D eigenvalue weighted by Gasteiger charge is 2.15. The maximum Gasteiger partial charge on any atom is 0.146 e. The van der Waals surface area contributed by atoms with Crippen molar-refractivity contribution in [1.29, 1.82) is 0 Å². The number of benzene rings is 3. The van der Waals surface area contributed by atoms with Crippen LogP contribution in [0.3, 0.4) is 0 Å². The molecule has 1 unspecified atom stereocenters. The highest BCUT2D eigenvalue weighted by molar-refractivity contribution is 5.63. The van der Waals surface area contributed by atoms with Crippen molar-refractivity contribution in [3.8, 4) is 11.1 Å². The van der Waals surface area contributed by atoms with Gasteiger partial charge in [0, 0.05) is 0 Å². The summed E-state index contributed by atoms with van der Waals surface area (Å²) in [5, 5.41) is 0. The van der Waals surface area contributed by atoms with Crippen molar-refractivity contribution >= 4 is 0 Å². The van der Waals surface area contributed by atoms with Gasteiger partial charge in [0.05, 0.1) is 6.61 Å². The Labute approximate surface area is 162 Å². The molecule has 3 rings (SSSR count). The Balaban J connectivity index is 1.64. The van der Waals surface area contributed by atoms with Crippen molar-refractivity contribution in [2.75, 3.05) is 0 Å². The normalized spacial score (nSPS) is 12.7. The summed E-state index contributed by atoms with van der Waals surface area (Å²) in [6, 6.07) is 27.2. The molecule has 0 spiro atoms. The van der Waals surface area contributed by atoms with Crippen LogP contribution in [0.25, 0.3) is 11.1 Å². The molecule has 0 heterocycles. The summed E-state index contributed by atoms with van der Waals surface area (Å²) < 4.78 is 6.00. The van der Waals surface area contributed by atoms with E-state index in [-0.39, 0.29) is 11.6 Å². The lowest BCUT2D eigenvalue weighted by molar-refractivity contribution is 0.0161. The summed E-state index contributed by atoms with van der Waals surface area (Å²) in [7, 11) is 0. The van der Waals surface area contributed by atoms with E-state index in [1.165, 1.54) is 16.7 Å². The Kier molecular flexibility index (Phi) is 6.07. The Morgan fingerprint density at radius 2 is 1.41 bits per heavy atom. The Morgan fingerprint density at radius 1 is 0.815 bits per heavy atom. The zero-order valence-electron chi connectivity index (χ0n) is 16.3. The van der Waals surface area contributed by atoms with Crippen molar-refractivity contribution in [3.63, 3.8) is 0 Å². The molecule has 0 bridgehead atoms. The minimum atomic E-state index is -0.340. The number of hydrogen-bond donors (Lipinski definition) is 2. The van der Waals surface area contributed by atoms with Gasteiger partial charge >= 0.3 is 0 Å². The fourth-order valence-electron chi connectivity index (χ4n) is 3.00. The summed E-state index contributed by atoms with van der Waals surface area (Å²) in [4.78, 5) is 0. The molecule has 3 aromatic carbocycles. The van der Waals surface area contributed by atoms with Gasteiger partial charge in [-0.25, -0.2) is 5.43 Å². The van der Waals surface area contributed by atoms with Crippen molar-refractivity contribution in [2.24, 2.45) is 5.84 Å². The van der Waals surface area contributed by atoms with Crippen LogP contribution < -0.4 is 11.3 Å². The van der Waals surface area contributed by atoms with Crippen LogP contribution >= 0.6 is 0 Å². The van der Waals surface area contributed by atoms with Gasteiger partial charge < -0.3 is 4.74 Å². The fourth-order valence-corrected chi connectivity index (χ4v) is 3.00. The second-order valence-corrected chi connectivity index (χ2v) is 7.79. The molecule has 0 saturated carbocycles. The first-order chi connectivity index (χ1) is 13.0. The first-order valence-corrected chi connectivity index (χ1v) is 9.30. The van der Waals surface area contributed by atoms with Crippen LogP contribution in [0.1, 0.15) is 43.7 Å². The summed E-state index contributed by atoms with van der Waals surface area (Å²) in [5.74, 6) is 5.72. The van der Waals surface area contributed by atoms with E-state index in [0.717, 1.165) is 11.1 Å². The predicted molar refractivity (Wildman–Crippen MR) is 112 cm³/mol. The molecule has 1 atom stereocenters. The van der Waals surface area contributed by atoms with Crippen LogP contribution in [0.15, 0.2) is 78.9 Å². The number of nitrogens with one attached hydrogen (secondary N) is 1. The summed E-state index contributed by atoms with van der Waals surface area (Å²) in [6.45, 7) is 7.10. The summed E-state index contributed by atoms with van der Waals surface area (Å²) >= 11 is 0. The van der Waals surface area contributed by atoms with Crippen LogP contribution in [0.2, 0.25) is 0 Å². The Hall–Kier alpha value is -2.46. The van der Waals surface area contributed by atoms with Gasteiger partial charge in [0.25, 0.3) is 0 Å². The third kappa shape index (κ3) is 5.04. The average Bonchev–Trinajstić information content (AvgIpc) is 2.69. The smallest absolute Gasteiger partial charge is 0.146 e. The van der Waals surface area contributed by atoms with Crippen LogP contribution in [-0.2, 0) is 16.8 Å². The molecule has 0 aromatic heterocycles. The molecule has 3 N–H and O–H groups in total. The van der Waals surface area contributed by atoms with Crippen molar-refractivity contribution in [3.05, 3.63) is 95.6 Å². The molecule has 140 valence electrons. The Morgan fingerprint density at radius 3 is 1.96 bits per heavy atom. The van der Waals surface area contributed by atoms with Gasteiger partial charge in [-0.15, -0.1) is 0 Å². The molecule has 0 radical (unpaired) electrons. The SMILES string of the molecule is CC(C)(C)c1ccc(C(NN)OCc2ccc(-c3ccccc3)cc2)cc1. The standard InChI is InChI=1S/C24H28N2O/c1-24(2,3)22-15-13-21(14-16-22)23(26-25)27-17-18-9-11-20(12-10-18)19-7-5-4-6-8-19/h4-16,23,26H,17,25H2,1-3H3. The number of ether oxygens (including phenoxy) is 1. The average molecular weight is 361 g/mol. The highest BCUT2D eigenvalue weighted by Crippen LogP contribution is 2.25. The minimum absolute atomic E-state index is 0.130. The van der Waals surface area contributed by atoms with E-state index in [1.807, 2.05) is 6.07 Å². The third-order valence-electron chi connectivity index (χ3n) is 4.71. The lowest BCUT2D eigenvalue weighted by atomic mass is 9.86. The lowest BCUT2D eigenvalue weighted by Crippen LogP contribution is -2.30. The highest BCUT2D eigenvalue weighted by atomic mass is 16.5. The minimum Gasteiger partial charge on any atom is -0.353 e. The van der Waals surface area contributed by atoms with Gasteiger partial charge in [0.15, 0.2) is 0 Å². The monoisotopic (exact) mass is 360 g/mol. The number of rotatable bonds is 6. The first-order valence-electron chi connectivity index (χ1n) is 9.30. The maximum atomic E-state index is 6.00. The lowest BCUT2D eigenvalue weighted by Gasteiger charge is -2.21. The van der Waals surface area contributed by atoms with Crippen molar-refractivity contribution in [1.82, 2.24) is 5.43 Å². The molecular formula is C24H28N2O. The zero-order valence-corrected chi connectivity index (χ0v) is 16.3. The van der Waals surface area contributed by atoms with E-state index in [4.69, 9.17) is 10.6 Å². The summed E-state index contributed by atoms with van der Waals surface area (Å²) in [6.07, 6.45) is -0.340. The van der Waals surface area contributed by atoms with Crippen LogP contribution in [0, 0.1) is 0 Å². The van der Waals surface area contributed by atoms with Crippen molar-refractivity contribution in [2.45, 2.75) is 39.0 Å². The van der Waals surface area contributed by atoms with Gasteiger partial charge in [-0.1, -0.05) is 99.6 Å². The van der Waals surface area contributed by atoms with Crippen LogP contribution in [0.5, 0.6) is 0 Å². The topological polar surface area (TPSA) is 47.3 Å². The molecule has 0 saturated heterocycles. The van der Waals surface area contributed by atoms with E-state index in [2.05, 4.69) is 99.0 Å². The predicted octanol–water partition coefficient (Wildman–Crippen LogP) is 5.33. The van der Waals surface area contributed by atoms with E-state index in [1.54, 1.807) is 0 Å². The largest absolute Gasteiger partial charge is 0.353 e. The molecule has 3 heteroatoms. The number of hydrazine groups is 1. The van der Waals surface area contributed by atoms with E-state index in [0.29, 0.717) is 6.61 Å². The molecule has 0 aliphatic carbocycles. The molecule has 0 fully saturated rings. The first kappa shape index (κ1) is 19.3. The molecule has 0 amide bonds. The molecular weight excluding hydrogens is 332 g/mol. The van der Waals surface area contributed by atoms with E-state index >= 15 is 0 Å². The van der Waals surface area contributed by atoms with Crippen LogP contribution in [-0.4, -0.2) is 0 Å². The Bertz CT molecular complexity index is 834. The zero-order chi connectivity index (χ0) is 19.3. The van der Waals surface area contributed by atoms with E-state index < -0.39 is 0 Å². The van der Waals surface area contributed by atoms with Crippen LogP contribution in [0.4, 0.5) is 0 Å². The molecule has 0 aliphatic rings. The molecule has 3 aromatic rings. The van der Waals surface area contributed by atoms with Crippen molar-refractivity contribution < 1.29 is 4.74 Å². The van der Waals surface area contributed by atoms with Gasteiger partial charge in [0.2, 0.25) is 0 Å². The molecule has 3 nitrogen and oxygen atoms in total. The third-order valence-corrected chi connectivity index (χ3v) is 4.71. The van der Waals surface area contributed by atoms with E-state index in [9.17, 15) is 0 Å². The quantitative estimate of drug-likeness (QED) is 0.355. The van der Waals surface area contributed by atoms with Gasteiger partial charge in [0.1, 0.15) is 6.23 Å². The number of nitrogens with two attached hydrogens (primary N) is 1. The second-order valence-electron chi connectivity index (χ2n) is 7.79. The van der Waals surface area contributed by atoms with Gasteiger partial charge in [-0.05, 0) is 33.2 Å². The molecule has 0 aliphatic heterocycles. The van der Waals surface area contributed by atoms with Gasteiger partial charge in [-0.2, -0.15) is 0 Å². The second kappa shape index (κ2) is 8.49. The van der Waals surface area contributed by atoms with Gasteiger partial charge in [-0.3, -0.25) is 5.84 Å².